The molecule has 3 N–H and O–H groups in total. The Balaban J connectivity index is 1.95. The lowest BCUT2D eigenvalue weighted by molar-refractivity contribution is 0.475. The summed E-state index contributed by atoms with van der Waals surface area (Å²) < 4.78 is 0. The van der Waals surface area contributed by atoms with E-state index >= 15 is 0 Å². The van der Waals surface area contributed by atoms with E-state index in [4.69, 9.17) is 0 Å². The Bertz CT molecular complexity index is 759. The van der Waals surface area contributed by atoms with Crippen LogP contribution in [0.2, 0.25) is 0 Å². The van der Waals surface area contributed by atoms with Gasteiger partial charge in [0.2, 0.25) is 5.95 Å². The van der Waals surface area contributed by atoms with E-state index < -0.39 is 0 Å². The van der Waals surface area contributed by atoms with E-state index in [1.54, 1.807) is 43.7 Å². The van der Waals surface area contributed by atoms with Crippen molar-refractivity contribution in [2.75, 3.05) is 17.7 Å². The van der Waals surface area contributed by atoms with Crippen molar-refractivity contribution in [2.45, 2.75) is 0 Å². The van der Waals surface area contributed by atoms with Gasteiger partial charge in [-0.05, 0) is 36.4 Å². The maximum absolute atomic E-state index is 9.33. The van der Waals surface area contributed by atoms with Gasteiger partial charge in [0.1, 0.15) is 11.6 Å². The number of phenols is 1. The highest BCUT2D eigenvalue weighted by molar-refractivity contribution is 5.67. The van der Waals surface area contributed by atoms with Gasteiger partial charge in [-0.3, -0.25) is 4.98 Å². The first-order chi connectivity index (χ1) is 10.7. The van der Waals surface area contributed by atoms with Crippen LogP contribution < -0.4 is 10.6 Å². The lowest BCUT2D eigenvalue weighted by Crippen LogP contribution is -2.02. The number of nitrogens with zero attached hydrogens (tertiary/aromatic N) is 3. The quantitative estimate of drug-likeness (QED) is 0.641. The highest BCUT2D eigenvalue weighted by Gasteiger charge is 2.06. The number of aromatic nitrogens is 3. The molecule has 6 nitrogen and oxygen atoms in total. The van der Waals surface area contributed by atoms with E-state index in [9.17, 15) is 5.11 Å². The van der Waals surface area contributed by atoms with E-state index in [1.165, 1.54) is 0 Å². The van der Waals surface area contributed by atoms with Crippen LogP contribution in [0.15, 0.2) is 54.9 Å². The molecule has 0 fully saturated rings. The van der Waals surface area contributed by atoms with Crippen molar-refractivity contribution in [1.82, 2.24) is 15.0 Å². The highest BCUT2D eigenvalue weighted by Crippen LogP contribution is 2.23. The number of pyridine rings is 1. The van der Waals surface area contributed by atoms with Gasteiger partial charge >= 0.3 is 0 Å². The first kappa shape index (κ1) is 13.8. The molecule has 0 aliphatic carbocycles. The molecule has 0 amide bonds. The van der Waals surface area contributed by atoms with E-state index in [0.29, 0.717) is 11.8 Å². The molecule has 0 aliphatic rings. The first-order valence-electron chi connectivity index (χ1n) is 6.78. The zero-order chi connectivity index (χ0) is 15.4. The van der Waals surface area contributed by atoms with Crippen molar-refractivity contribution < 1.29 is 5.11 Å². The lowest BCUT2D eigenvalue weighted by atomic mass is 10.2. The Morgan fingerprint density at radius 3 is 2.36 bits per heavy atom. The Hall–Kier alpha value is -3.15. The van der Waals surface area contributed by atoms with Crippen LogP contribution in [0.1, 0.15) is 0 Å². The Morgan fingerprint density at radius 2 is 1.68 bits per heavy atom. The van der Waals surface area contributed by atoms with Crippen LogP contribution in [0, 0.1) is 0 Å². The summed E-state index contributed by atoms with van der Waals surface area (Å²) in [5.74, 6) is 1.41. The summed E-state index contributed by atoms with van der Waals surface area (Å²) in [6.45, 7) is 0. The number of aromatic hydroxyl groups is 1. The zero-order valence-corrected chi connectivity index (χ0v) is 12.0. The third-order valence-corrected chi connectivity index (χ3v) is 3.07. The number of nitrogens with one attached hydrogen (secondary N) is 2. The molecule has 1 aromatic carbocycles. The fraction of sp³-hybridized carbons (Fsp3) is 0.0625. The maximum Gasteiger partial charge on any atom is 0.224 e. The van der Waals surface area contributed by atoms with Crippen LogP contribution in [-0.2, 0) is 0 Å². The number of rotatable bonds is 4. The minimum Gasteiger partial charge on any atom is -0.508 e. The predicted octanol–water partition coefficient (Wildman–Crippen LogP) is 3.03. The van der Waals surface area contributed by atoms with Crippen LogP contribution in [0.25, 0.3) is 11.3 Å². The van der Waals surface area contributed by atoms with Crippen LogP contribution in [0.3, 0.4) is 0 Å². The van der Waals surface area contributed by atoms with Crippen molar-refractivity contribution in [2.24, 2.45) is 0 Å². The molecule has 110 valence electrons. The summed E-state index contributed by atoms with van der Waals surface area (Å²) >= 11 is 0. The molecule has 3 rings (SSSR count). The van der Waals surface area contributed by atoms with Crippen LogP contribution in [0.4, 0.5) is 17.5 Å². The van der Waals surface area contributed by atoms with Crippen LogP contribution >= 0.6 is 0 Å². The third-order valence-electron chi connectivity index (χ3n) is 3.07. The molecule has 0 aliphatic heterocycles. The van der Waals surface area contributed by atoms with Crippen LogP contribution in [-0.4, -0.2) is 27.1 Å². The van der Waals surface area contributed by atoms with Crippen molar-refractivity contribution in [1.29, 1.82) is 0 Å². The van der Waals surface area contributed by atoms with Crippen LogP contribution in [0.5, 0.6) is 5.75 Å². The molecule has 0 saturated heterocycles. The first-order valence-corrected chi connectivity index (χ1v) is 6.78. The third kappa shape index (κ3) is 3.12. The predicted molar refractivity (Wildman–Crippen MR) is 86.2 cm³/mol. The van der Waals surface area contributed by atoms with E-state index in [1.807, 2.05) is 18.2 Å². The van der Waals surface area contributed by atoms with Gasteiger partial charge in [-0.25, -0.2) is 4.98 Å². The van der Waals surface area contributed by atoms with E-state index in [2.05, 4.69) is 25.6 Å². The molecule has 0 atom stereocenters. The number of benzene rings is 1. The molecule has 3 aromatic rings. The molecule has 2 heterocycles. The normalized spacial score (nSPS) is 10.2. The molecular weight excluding hydrogens is 278 g/mol. The van der Waals surface area contributed by atoms with Gasteiger partial charge in [0.05, 0.1) is 5.69 Å². The second-order valence-corrected chi connectivity index (χ2v) is 4.62. The van der Waals surface area contributed by atoms with E-state index in [0.717, 1.165) is 16.9 Å². The van der Waals surface area contributed by atoms with E-state index in [-0.39, 0.29) is 5.75 Å². The van der Waals surface area contributed by atoms with Gasteiger partial charge < -0.3 is 15.7 Å². The number of hydrogen-bond acceptors (Lipinski definition) is 6. The highest BCUT2D eigenvalue weighted by atomic mass is 16.3. The second kappa shape index (κ2) is 6.09. The summed E-state index contributed by atoms with van der Waals surface area (Å²) in [7, 11) is 1.77. The van der Waals surface area contributed by atoms with Gasteiger partial charge in [0.25, 0.3) is 0 Å². The maximum atomic E-state index is 9.33. The number of anilines is 3. The van der Waals surface area contributed by atoms with Crippen molar-refractivity contribution in [3.8, 4) is 17.0 Å². The molecule has 2 aromatic heterocycles. The Kier molecular flexibility index (Phi) is 3.82. The molecule has 22 heavy (non-hydrogen) atoms. The van der Waals surface area contributed by atoms with Gasteiger partial charge in [-0.2, -0.15) is 4.98 Å². The summed E-state index contributed by atoms with van der Waals surface area (Å²) in [5, 5.41) is 15.5. The number of hydrogen-bond donors (Lipinski definition) is 3. The molecule has 0 bridgehead atoms. The topological polar surface area (TPSA) is 83.0 Å². The van der Waals surface area contributed by atoms with Gasteiger partial charge in [-0.1, -0.05) is 0 Å². The summed E-state index contributed by atoms with van der Waals surface area (Å²) in [4.78, 5) is 12.8. The second-order valence-electron chi connectivity index (χ2n) is 4.62. The molecule has 0 radical (unpaired) electrons. The molecular formula is C16H15N5O. The standard InChI is InChI=1S/C16H15N5O/c1-17-16-20-14(11-6-8-18-9-7-11)10-15(21-16)19-12-2-4-13(22)5-3-12/h2-10,22H,1H3,(H2,17,19,20,21). The minimum absolute atomic E-state index is 0.224. The van der Waals surface area contributed by atoms with Crippen molar-refractivity contribution >= 4 is 17.5 Å². The monoisotopic (exact) mass is 293 g/mol. The largest absolute Gasteiger partial charge is 0.508 e. The average molecular weight is 293 g/mol. The molecule has 0 saturated carbocycles. The Morgan fingerprint density at radius 1 is 0.955 bits per heavy atom. The smallest absolute Gasteiger partial charge is 0.224 e. The molecule has 0 unspecified atom stereocenters. The number of phenolic OH excluding ortho intramolecular Hbond substituents is 1. The zero-order valence-electron chi connectivity index (χ0n) is 12.0. The minimum atomic E-state index is 0.224. The summed E-state index contributed by atoms with van der Waals surface area (Å²) in [6.07, 6.45) is 3.45. The lowest BCUT2D eigenvalue weighted by Gasteiger charge is -2.10. The summed E-state index contributed by atoms with van der Waals surface area (Å²) in [6, 6.07) is 12.4. The van der Waals surface area contributed by atoms with Gasteiger partial charge in [-0.15, -0.1) is 0 Å². The average Bonchev–Trinajstić information content (AvgIpc) is 2.57. The van der Waals surface area contributed by atoms with Crippen molar-refractivity contribution in [3.05, 3.63) is 54.9 Å². The SMILES string of the molecule is CNc1nc(Nc2ccc(O)cc2)cc(-c2ccncc2)n1. The van der Waals surface area contributed by atoms with Gasteiger partial charge in [0, 0.05) is 36.8 Å². The fourth-order valence-electron chi connectivity index (χ4n) is 1.99. The molecule has 6 heteroatoms. The fourth-order valence-corrected chi connectivity index (χ4v) is 1.99. The summed E-state index contributed by atoms with van der Waals surface area (Å²) in [5.41, 5.74) is 2.59. The Labute approximate surface area is 127 Å². The van der Waals surface area contributed by atoms with Gasteiger partial charge in [0.15, 0.2) is 0 Å². The van der Waals surface area contributed by atoms with Crippen molar-refractivity contribution in [3.63, 3.8) is 0 Å². The molecule has 0 spiro atoms.